The second-order valence-electron chi connectivity index (χ2n) is 7.18. The molecule has 4 nitrogen and oxygen atoms in total. The Morgan fingerprint density at radius 2 is 1.78 bits per heavy atom. The topological polar surface area (TPSA) is 62.4 Å². The van der Waals surface area contributed by atoms with Crippen LogP contribution in [0, 0.1) is 11.6 Å². The fourth-order valence-electron chi connectivity index (χ4n) is 3.15. The van der Waals surface area contributed by atoms with Gasteiger partial charge in [0.2, 0.25) is 0 Å². The summed E-state index contributed by atoms with van der Waals surface area (Å²) < 4.78 is 29.5. The SMILES string of the molecule is C=C(NC(=NCc1ccccc1Br)c1ccccc1N)c1cc(F)cc(F)c1NCCC. The highest BCUT2D eigenvalue weighted by molar-refractivity contribution is 9.10. The van der Waals surface area contributed by atoms with Crippen molar-refractivity contribution in [2.75, 3.05) is 17.6 Å². The van der Waals surface area contributed by atoms with E-state index in [1.807, 2.05) is 49.4 Å². The first-order chi connectivity index (χ1) is 15.4. The minimum Gasteiger partial charge on any atom is -0.398 e. The van der Waals surface area contributed by atoms with Gasteiger partial charge in [-0.15, -0.1) is 0 Å². The molecule has 0 saturated carbocycles. The van der Waals surface area contributed by atoms with Crippen molar-refractivity contribution in [1.29, 1.82) is 0 Å². The van der Waals surface area contributed by atoms with Gasteiger partial charge in [-0.2, -0.15) is 0 Å². The molecule has 166 valence electrons. The van der Waals surface area contributed by atoms with Gasteiger partial charge in [0, 0.05) is 39.6 Å². The minimum absolute atomic E-state index is 0.192. The molecule has 3 aromatic carbocycles. The highest BCUT2D eigenvalue weighted by Gasteiger charge is 2.16. The number of rotatable bonds is 8. The molecule has 7 heteroatoms. The first-order valence-corrected chi connectivity index (χ1v) is 11.0. The van der Waals surface area contributed by atoms with E-state index in [1.54, 1.807) is 6.07 Å². The zero-order chi connectivity index (χ0) is 23.1. The second kappa shape index (κ2) is 10.9. The number of nitrogens with zero attached hydrogens (tertiary/aromatic N) is 1. The summed E-state index contributed by atoms with van der Waals surface area (Å²) >= 11 is 3.53. The molecule has 32 heavy (non-hydrogen) atoms. The van der Waals surface area contributed by atoms with Crippen LogP contribution >= 0.6 is 15.9 Å². The van der Waals surface area contributed by atoms with Crippen LogP contribution in [0.1, 0.15) is 30.0 Å². The maximum Gasteiger partial charge on any atom is 0.149 e. The van der Waals surface area contributed by atoms with Crippen LogP contribution in [0.3, 0.4) is 0 Å². The molecule has 0 unspecified atom stereocenters. The Morgan fingerprint density at radius 1 is 1.06 bits per heavy atom. The zero-order valence-corrected chi connectivity index (χ0v) is 19.3. The van der Waals surface area contributed by atoms with Crippen molar-refractivity contribution in [3.05, 3.63) is 100 Å². The Kier molecular flexibility index (Phi) is 8.00. The average Bonchev–Trinajstić information content (AvgIpc) is 2.77. The highest BCUT2D eigenvalue weighted by atomic mass is 79.9. The number of halogens is 3. The fourth-order valence-corrected chi connectivity index (χ4v) is 3.56. The van der Waals surface area contributed by atoms with E-state index >= 15 is 0 Å². The van der Waals surface area contributed by atoms with Crippen LogP contribution in [0.5, 0.6) is 0 Å². The van der Waals surface area contributed by atoms with E-state index < -0.39 is 11.6 Å². The van der Waals surface area contributed by atoms with Gasteiger partial charge in [-0.05, 0) is 36.2 Å². The summed E-state index contributed by atoms with van der Waals surface area (Å²) in [4.78, 5) is 4.71. The van der Waals surface area contributed by atoms with E-state index in [-0.39, 0.29) is 5.69 Å². The molecule has 0 aliphatic carbocycles. The molecule has 0 amide bonds. The van der Waals surface area contributed by atoms with Gasteiger partial charge in [0.15, 0.2) is 0 Å². The largest absolute Gasteiger partial charge is 0.398 e. The fraction of sp³-hybridized carbons (Fsp3) is 0.160. The van der Waals surface area contributed by atoms with Gasteiger partial charge in [-0.1, -0.05) is 59.8 Å². The molecular weight excluding hydrogens is 474 g/mol. The van der Waals surface area contributed by atoms with Crippen molar-refractivity contribution >= 4 is 38.8 Å². The standard InChI is InChI=1S/C25H25BrF2N4/c1-3-12-30-24-20(13-18(27)14-22(24)28)16(2)32-25(19-9-5-7-11-23(19)29)31-15-17-8-4-6-10-21(17)26/h4-11,13-14,30H,2-3,12,15,29H2,1H3,(H,31,32). The molecule has 0 atom stereocenters. The molecule has 0 fully saturated rings. The van der Waals surface area contributed by atoms with Crippen LogP contribution in [-0.2, 0) is 6.54 Å². The summed E-state index contributed by atoms with van der Waals surface area (Å²) in [6.07, 6.45) is 0.787. The third kappa shape index (κ3) is 5.73. The van der Waals surface area contributed by atoms with Crippen molar-refractivity contribution in [2.45, 2.75) is 19.9 Å². The van der Waals surface area contributed by atoms with E-state index in [0.717, 1.165) is 22.5 Å². The van der Waals surface area contributed by atoms with Crippen LogP contribution in [0.25, 0.3) is 5.70 Å². The van der Waals surface area contributed by atoms with E-state index in [2.05, 4.69) is 33.1 Å². The van der Waals surface area contributed by atoms with Crippen LogP contribution in [0.2, 0.25) is 0 Å². The van der Waals surface area contributed by atoms with Crippen LogP contribution in [-0.4, -0.2) is 12.4 Å². The monoisotopic (exact) mass is 498 g/mol. The van der Waals surface area contributed by atoms with Crippen LogP contribution in [0.4, 0.5) is 20.2 Å². The van der Waals surface area contributed by atoms with Crippen molar-refractivity contribution in [2.24, 2.45) is 4.99 Å². The van der Waals surface area contributed by atoms with E-state index in [9.17, 15) is 8.78 Å². The number of benzene rings is 3. The number of nitrogens with two attached hydrogens (primary N) is 1. The number of hydrogen-bond donors (Lipinski definition) is 3. The normalized spacial score (nSPS) is 11.3. The highest BCUT2D eigenvalue weighted by Crippen LogP contribution is 2.27. The predicted molar refractivity (Wildman–Crippen MR) is 133 cm³/mol. The number of nitrogen functional groups attached to an aromatic ring is 1. The quantitative estimate of drug-likeness (QED) is 0.193. The second-order valence-corrected chi connectivity index (χ2v) is 8.04. The Balaban J connectivity index is 1.98. The van der Waals surface area contributed by atoms with E-state index in [1.165, 1.54) is 6.07 Å². The molecule has 3 aromatic rings. The van der Waals surface area contributed by atoms with Gasteiger partial charge < -0.3 is 16.4 Å². The maximum absolute atomic E-state index is 14.5. The molecule has 0 aromatic heterocycles. The molecule has 0 radical (unpaired) electrons. The molecule has 4 N–H and O–H groups in total. The molecule has 0 aliphatic rings. The number of amidine groups is 1. The summed E-state index contributed by atoms with van der Waals surface area (Å²) in [7, 11) is 0. The third-order valence-electron chi connectivity index (χ3n) is 4.78. The molecule has 0 bridgehead atoms. The lowest BCUT2D eigenvalue weighted by Gasteiger charge is -2.18. The minimum atomic E-state index is -0.687. The van der Waals surface area contributed by atoms with Crippen molar-refractivity contribution in [3.63, 3.8) is 0 Å². The third-order valence-corrected chi connectivity index (χ3v) is 5.56. The number of anilines is 2. The number of aliphatic imine (C=N–C) groups is 1. The summed E-state index contributed by atoms with van der Waals surface area (Å²) in [5, 5.41) is 6.15. The van der Waals surface area contributed by atoms with Crippen molar-refractivity contribution < 1.29 is 8.78 Å². The van der Waals surface area contributed by atoms with Crippen molar-refractivity contribution in [1.82, 2.24) is 5.32 Å². The smallest absolute Gasteiger partial charge is 0.149 e. The molecule has 0 saturated heterocycles. The molecule has 0 spiro atoms. The van der Waals surface area contributed by atoms with Gasteiger partial charge in [0.05, 0.1) is 12.2 Å². The predicted octanol–water partition coefficient (Wildman–Crippen LogP) is 6.34. The lowest BCUT2D eigenvalue weighted by atomic mass is 10.1. The number of nitrogens with one attached hydrogen (secondary N) is 2. The maximum atomic E-state index is 14.5. The van der Waals surface area contributed by atoms with Crippen LogP contribution in [0.15, 0.2) is 76.7 Å². The van der Waals surface area contributed by atoms with Gasteiger partial charge in [-0.25, -0.2) is 8.78 Å². The molecule has 0 aliphatic heterocycles. The lowest BCUT2D eigenvalue weighted by molar-refractivity contribution is 0.584. The summed E-state index contributed by atoms with van der Waals surface area (Å²) in [5.74, 6) is -0.911. The molecular formula is C25H25BrF2N4. The van der Waals surface area contributed by atoms with Crippen molar-refractivity contribution in [3.8, 4) is 0 Å². The van der Waals surface area contributed by atoms with Gasteiger partial charge in [-0.3, -0.25) is 4.99 Å². The zero-order valence-electron chi connectivity index (χ0n) is 17.8. The average molecular weight is 499 g/mol. The van der Waals surface area contributed by atoms with E-state index in [0.29, 0.717) is 41.4 Å². The van der Waals surface area contributed by atoms with E-state index in [4.69, 9.17) is 10.7 Å². The Bertz CT molecular complexity index is 1140. The Morgan fingerprint density at radius 3 is 2.50 bits per heavy atom. The van der Waals surface area contributed by atoms with Gasteiger partial charge >= 0.3 is 0 Å². The summed E-state index contributed by atoms with van der Waals surface area (Å²) in [6, 6.07) is 17.1. The Labute approximate surface area is 195 Å². The van der Waals surface area contributed by atoms with Gasteiger partial charge in [0.25, 0.3) is 0 Å². The molecule has 3 rings (SSSR count). The van der Waals surface area contributed by atoms with Crippen LogP contribution < -0.4 is 16.4 Å². The first kappa shape index (κ1) is 23.5. The summed E-state index contributed by atoms with van der Waals surface area (Å²) in [6.45, 7) is 6.90. The lowest BCUT2D eigenvalue weighted by Crippen LogP contribution is -2.25. The Hall–Kier alpha value is -3.19. The summed E-state index contributed by atoms with van der Waals surface area (Å²) in [5.41, 5.74) is 9.14. The number of para-hydroxylation sites is 1. The molecule has 0 heterocycles. The number of hydrogen-bond acceptors (Lipinski definition) is 3. The van der Waals surface area contributed by atoms with Gasteiger partial charge in [0.1, 0.15) is 17.5 Å². The first-order valence-electron chi connectivity index (χ1n) is 10.2.